The van der Waals surface area contributed by atoms with Gasteiger partial charge in [-0.15, -0.1) is 0 Å². The molecule has 0 fully saturated rings. The van der Waals surface area contributed by atoms with Gasteiger partial charge in [0.2, 0.25) is 0 Å². The van der Waals surface area contributed by atoms with Crippen LogP contribution in [0.25, 0.3) is 6.08 Å². The summed E-state index contributed by atoms with van der Waals surface area (Å²) in [5, 5.41) is 3.66. The number of rotatable bonds is 5. The molecule has 7 heteroatoms. The molecule has 2 rings (SSSR count). The SMILES string of the molecule is O=C(COC(=O)/C=C/c1ccc(Cl)cc1)Nc1cccc(Cl)c1Cl. The molecule has 2 aromatic rings. The smallest absolute Gasteiger partial charge is 0.331 e. The quantitative estimate of drug-likeness (QED) is 0.592. The Morgan fingerprint density at radius 3 is 2.46 bits per heavy atom. The third-order valence-electron chi connectivity index (χ3n) is 2.85. The Morgan fingerprint density at radius 1 is 1.04 bits per heavy atom. The molecule has 2 aromatic carbocycles. The van der Waals surface area contributed by atoms with Crippen molar-refractivity contribution in [3.05, 3.63) is 69.2 Å². The fourth-order valence-electron chi connectivity index (χ4n) is 1.71. The molecule has 1 N–H and O–H groups in total. The predicted octanol–water partition coefficient (Wildman–Crippen LogP) is 4.84. The molecule has 0 spiro atoms. The third kappa shape index (κ3) is 5.57. The van der Waals surface area contributed by atoms with E-state index in [9.17, 15) is 9.59 Å². The fourth-order valence-corrected chi connectivity index (χ4v) is 2.18. The maximum absolute atomic E-state index is 11.8. The van der Waals surface area contributed by atoms with E-state index in [2.05, 4.69) is 5.32 Å². The van der Waals surface area contributed by atoms with Gasteiger partial charge in [0.25, 0.3) is 5.91 Å². The summed E-state index contributed by atoms with van der Waals surface area (Å²) in [6, 6.07) is 11.7. The minimum absolute atomic E-state index is 0.224. The second kappa shape index (κ2) is 8.73. The molecule has 1 amide bonds. The molecule has 4 nitrogen and oxygen atoms in total. The van der Waals surface area contributed by atoms with Gasteiger partial charge >= 0.3 is 5.97 Å². The summed E-state index contributed by atoms with van der Waals surface area (Å²) in [6.07, 6.45) is 2.79. The molecule has 0 aliphatic carbocycles. The lowest BCUT2D eigenvalue weighted by Crippen LogP contribution is -2.20. The van der Waals surface area contributed by atoms with E-state index in [-0.39, 0.29) is 5.02 Å². The molecule has 0 saturated heterocycles. The van der Waals surface area contributed by atoms with Crippen molar-refractivity contribution in [1.29, 1.82) is 0 Å². The summed E-state index contributed by atoms with van der Waals surface area (Å²) < 4.78 is 4.85. The van der Waals surface area contributed by atoms with E-state index in [4.69, 9.17) is 39.5 Å². The molecule has 124 valence electrons. The van der Waals surface area contributed by atoms with Crippen molar-refractivity contribution in [1.82, 2.24) is 0 Å². The minimum Gasteiger partial charge on any atom is -0.452 e. The van der Waals surface area contributed by atoms with Crippen LogP contribution in [0.1, 0.15) is 5.56 Å². The Balaban J connectivity index is 1.84. The molecular weight excluding hydrogens is 373 g/mol. The molecule has 0 radical (unpaired) electrons. The van der Waals surface area contributed by atoms with E-state index in [1.165, 1.54) is 6.08 Å². The van der Waals surface area contributed by atoms with E-state index in [0.29, 0.717) is 15.7 Å². The number of hydrogen-bond acceptors (Lipinski definition) is 3. The zero-order valence-electron chi connectivity index (χ0n) is 12.3. The average molecular weight is 385 g/mol. The van der Waals surface area contributed by atoms with Gasteiger partial charge in [0.15, 0.2) is 6.61 Å². The molecule has 24 heavy (non-hydrogen) atoms. The van der Waals surface area contributed by atoms with Crippen LogP contribution in [0.15, 0.2) is 48.5 Å². The molecule has 0 atom stereocenters. The fraction of sp³-hybridized carbons (Fsp3) is 0.0588. The second-order valence-corrected chi connectivity index (χ2v) is 5.86. The van der Waals surface area contributed by atoms with E-state index < -0.39 is 18.5 Å². The van der Waals surface area contributed by atoms with Crippen LogP contribution in [-0.2, 0) is 14.3 Å². The van der Waals surface area contributed by atoms with Gasteiger partial charge in [-0.05, 0) is 35.9 Å². The molecule has 0 heterocycles. The van der Waals surface area contributed by atoms with Gasteiger partial charge in [0.1, 0.15) is 0 Å². The average Bonchev–Trinajstić information content (AvgIpc) is 2.56. The van der Waals surface area contributed by atoms with Gasteiger partial charge < -0.3 is 10.1 Å². The minimum atomic E-state index is -0.641. The van der Waals surface area contributed by atoms with Crippen LogP contribution in [0.2, 0.25) is 15.1 Å². The summed E-state index contributed by atoms with van der Waals surface area (Å²) >= 11 is 17.6. The first-order valence-electron chi connectivity index (χ1n) is 6.80. The highest BCUT2D eigenvalue weighted by Gasteiger charge is 2.09. The van der Waals surface area contributed by atoms with Crippen molar-refractivity contribution in [2.24, 2.45) is 0 Å². The summed E-state index contributed by atoms with van der Waals surface area (Å²) in [4.78, 5) is 23.4. The number of amides is 1. The first-order chi connectivity index (χ1) is 11.5. The van der Waals surface area contributed by atoms with Crippen molar-refractivity contribution in [2.45, 2.75) is 0 Å². The van der Waals surface area contributed by atoms with Gasteiger partial charge in [-0.3, -0.25) is 4.79 Å². The maximum atomic E-state index is 11.8. The number of carbonyl (C=O) groups excluding carboxylic acids is 2. The molecule has 0 aliphatic heterocycles. The molecule has 0 bridgehead atoms. The zero-order chi connectivity index (χ0) is 17.5. The predicted molar refractivity (Wildman–Crippen MR) is 96.5 cm³/mol. The molecule has 0 saturated carbocycles. The van der Waals surface area contributed by atoms with Crippen LogP contribution in [0.3, 0.4) is 0 Å². The lowest BCUT2D eigenvalue weighted by Gasteiger charge is -2.08. The summed E-state index contributed by atoms with van der Waals surface area (Å²) in [6.45, 7) is -0.438. The van der Waals surface area contributed by atoms with Gasteiger partial charge in [0.05, 0.1) is 15.7 Å². The van der Waals surface area contributed by atoms with Crippen LogP contribution in [0, 0.1) is 0 Å². The number of benzene rings is 2. The molecule has 0 unspecified atom stereocenters. The Hall–Kier alpha value is -2.01. The van der Waals surface area contributed by atoms with Crippen molar-refractivity contribution < 1.29 is 14.3 Å². The van der Waals surface area contributed by atoms with E-state index in [1.54, 1.807) is 48.5 Å². The normalized spacial score (nSPS) is 10.6. The highest BCUT2D eigenvalue weighted by molar-refractivity contribution is 6.44. The third-order valence-corrected chi connectivity index (χ3v) is 3.92. The van der Waals surface area contributed by atoms with E-state index >= 15 is 0 Å². The Bertz CT molecular complexity index is 773. The highest BCUT2D eigenvalue weighted by Crippen LogP contribution is 2.29. The lowest BCUT2D eigenvalue weighted by atomic mass is 10.2. The number of hydrogen-bond donors (Lipinski definition) is 1. The lowest BCUT2D eigenvalue weighted by molar-refractivity contribution is -0.142. The Labute approximate surface area is 154 Å². The Morgan fingerprint density at radius 2 is 1.75 bits per heavy atom. The largest absolute Gasteiger partial charge is 0.452 e. The van der Waals surface area contributed by atoms with Gasteiger partial charge in [-0.25, -0.2) is 4.79 Å². The highest BCUT2D eigenvalue weighted by atomic mass is 35.5. The second-order valence-electron chi connectivity index (χ2n) is 4.64. The number of carbonyl (C=O) groups is 2. The molecule has 0 aromatic heterocycles. The summed E-state index contributed by atoms with van der Waals surface area (Å²) in [5.41, 5.74) is 1.13. The standard InChI is InChI=1S/C17H12Cl3NO3/c18-12-7-4-11(5-8-12)6-9-16(23)24-10-15(22)21-14-3-1-2-13(19)17(14)20/h1-9H,10H2,(H,21,22)/b9-6+. The van der Waals surface area contributed by atoms with Crippen LogP contribution in [-0.4, -0.2) is 18.5 Å². The van der Waals surface area contributed by atoms with Crippen LogP contribution >= 0.6 is 34.8 Å². The summed E-state index contributed by atoms with van der Waals surface area (Å²) in [7, 11) is 0. The van der Waals surface area contributed by atoms with Crippen molar-refractivity contribution >= 4 is 58.4 Å². The maximum Gasteiger partial charge on any atom is 0.331 e. The van der Waals surface area contributed by atoms with Crippen molar-refractivity contribution in [3.63, 3.8) is 0 Å². The number of esters is 1. The molecular formula is C17H12Cl3NO3. The van der Waals surface area contributed by atoms with Crippen LogP contribution in [0.4, 0.5) is 5.69 Å². The monoisotopic (exact) mass is 383 g/mol. The van der Waals surface area contributed by atoms with Gasteiger partial charge in [0, 0.05) is 11.1 Å². The zero-order valence-corrected chi connectivity index (χ0v) is 14.5. The summed E-state index contributed by atoms with van der Waals surface area (Å²) in [5.74, 6) is -1.16. The number of nitrogens with one attached hydrogen (secondary N) is 1. The van der Waals surface area contributed by atoms with Gasteiger partial charge in [-0.1, -0.05) is 53.0 Å². The Kier molecular flexibility index (Phi) is 6.67. The van der Waals surface area contributed by atoms with Crippen LogP contribution < -0.4 is 5.32 Å². The first-order valence-corrected chi connectivity index (χ1v) is 7.93. The van der Waals surface area contributed by atoms with Crippen LogP contribution in [0.5, 0.6) is 0 Å². The van der Waals surface area contributed by atoms with E-state index in [0.717, 1.165) is 5.56 Å². The number of ether oxygens (including phenoxy) is 1. The van der Waals surface area contributed by atoms with E-state index in [1.807, 2.05) is 0 Å². The number of halogens is 3. The number of anilines is 1. The van der Waals surface area contributed by atoms with Crippen molar-refractivity contribution in [2.75, 3.05) is 11.9 Å². The molecule has 0 aliphatic rings. The van der Waals surface area contributed by atoms with Gasteiger partial charge in [-0.2, -0.15) is 0 Å². The first kappa shape index (κ1) is 18.3. The topological polar surface area (TPSA) is 55.4 Å². The van der Waals surface area contributed by atoms with Crippen molar-refractivity contribution in [3.8, 4) is 0 Å².